The Bertz CT molecular complexity index is 701. The van der Waals surface area contributed by atoms with E-state index in [1.165, 1.54) is 12.1 Å². The predicted molar refractivity (Wildman–Crippen MR) is 92.8 cm³/mol. The van der Waals surface area contributed by atoms with Gasteiger partial charge in [0.25, 0.3) is 0 Å². The van der Waals surface area contributed by atoms with E-state index in [1.807, 2.05) is 18.2 Å². The van der Waals surface area contributed by atoms with E-state index < -0.39 is 0 Å². The first kappa shape index (κ1) is 16.2. The van der Waals surface area contributed by atoms with Crippen LogP contribution < -0.4 is 15.5 Å². The van der Waals surface area contributed by atoms with Crippen LogP contribution in [0.4, 0.5) is 20.7 Å². The normalized spacial score (nSPS) is 13.8. The first-order valence-corrected chi connectivity index (χ1v) is 8.21. The van der Waals surface area contributed by atoms with Crippen LogP contribution in [0, 0.1) is 5.82 Å². The van der Waals surface area contributed by atoms with Crippen LogP contribution in [0.1, 0.15) is 18.4 Å². The average Bonchev–Trinajstić information content (AvgIpc) is 3.10. The van der Waals surface area contributed by atoms with Crippen molar-refractivity contribution in [1.29, 1.82) is 0 Å². The highest BCUT2D eigenvalue weighted by atomic mass is 19.1. The number of amides is 2. The number of hydrogen-bond donors (Lipinski definition) is 2. The minimum Gasteiger partial charge on any atom is -0.355 e. The molecule has 0 unspecified atom stereocenters. The lowest BCUT2D eigenvalue weighted by atomic mass is 10.1. The van der Waals surface area contributed by atoms with Crippen molar-refractivity contribution < 1.29 is 9.18 Å². The Morgan fingerprint density at radius 3 is 2.83 bits per heavy atom. The molecule has 24 heavy (non-hydrogen) atoms. The number of nitrogens with zero attached hydrogens (tertiary/aromatic N) is 2. The minimum absolute atomic E-state index is 0.262. The number of aromatic nitrogens is 1. The third-order valence-electron chi connectivity index (χ3n) is 4.03. The number of pyridine rings is 1. The highest BCUT2D eigenvalue weighted by Gasteiger charge is 2.17. The van der Waals surface area contributed by atoms with E-state index in [-0.39, 0.29) is 11.8 Å². The molecule has 5 nitrogen and oxygen atoms in total. The first-order chi connectivity index (χ1) is 11.7. The highest BCUT2D eigenvalue weighted by Crippen LogP contribution is 2.25. The van der Waals surface area contributed by atoms with Gasteiger partial charge in [-0.3, -0.25) is 0 Å². The van der Waals surface area contributed by atoms with Gasteiger partial charge in [0.2, 0.25) is 0 Å². The average molecular weight is 328 g/mol. The summed E-state index contributed by atoms with van der Waals surface area (Å²) in [6.45, 7) is 2.37. The fourth-order valence-electron chi connectivity index (χ4n) is 2.85. The van der Waals surface area contributed by atoms with Gasteiger partial charge in [0.05, 0.1) is 5.69 Å². The molecule has 0 atom stereocenters. The number of hydrogen-bond acceptors (Lipinski definition) is 3. The summed E-state index contributed by atoms with van der Waals surface area (Å²) in [5.41, 5.74) is 1.57. The van der Waals surface area contributed by atoms with Gasteiger partial charge in [-0.15, -0.1) is 0 Å². The molecule has 1 saturated heterocycles. The maximum Gasteiger partial charge on any atom is 0.319 e. The standard InChI is InChI=1S/C18H21FN4O/c19-15-6-3-5-14(13-15)8-10-21-18(24)22-16-7-4-9-20-17(16)23-11-1-2-12-23/h3-7,9,13H,1-2,8,10-12H2,(H2,21,22,24). The van der Waals surface area contributed by atoms with Crippen molar-refractivity contribution >= 4 is 17.5 Å². The van der Waals surface area contributed by atoms with Crippen LogP contribution in [0.15, 0.2) is 42.6 Å². The third-order valence-corrected chi connectivity index (χ3v) is 4.03. The van der Waals surface area contributed by atoms with Crippen molar-refractivity contribution in [1.82, 2.24) is 10.3 Å². The van der Waals surface area contributed by atoms with Gasteiger partial charge in [0.1, 0.15) is 5.82 Å². The zero-order valence-electron chi connectivity index (χ0n) is 13.5. The molecule has 1 aliphatic heterocycles. The van der Waals surface area contributed by atoms with Crippen molar-refractivity contribution in [2.24, 2.45) is 0 Å². The Labute approximate surface area is 140 Å². The summed E-state index contributed by atoms with van der Waals surface area (Å²) in [4.78, 5) is 18.7. The molecule has 126 valence electrons. The van der Waals surface area contributed by atoms with Crippen LogP contribution in [0.2, 0.25) is 0 Å². The van der Waals surface area contributed by atoms with Crippen LogP contribution in [0.5, 0.6) is 0 Å². The van der Waals surface area contributed by atoms with E-state index in [2.05, 4.69) is 20.5 Å². The summed E-state index contributed by atoms with van der Waals surface area (Å²) < 4.78 is 13.1. The van der Waals surface area contributed by atoms with Gasteiger partial charge in [-0.1, -0.05) is 12.1 Å². The van der Waals surface area contributed by atoms with E-state index in [0.717, 1.165) is 37.3 Å². The van der Waals surface area contributed by atoms with E-state index >= 15 is 0 Å². The zero-order chi connectivity index (χ0) is 16.8. The molecule has 2 heterocycles. The molecule has 3 rings (SSSR count). The number of carbonyl (C=O) groups excluding carboxylic acids is 1. The van der Waals surface area contributed by atoms with E-state index in [0.29, 0.717) is 18.7 Å². The quantitative estimate of drug-likeness (QED) is 0.886. The number of anilines is 2. The summed E-state index contributed by atoms with van der Waals surface area (Å²) in [5, 5.41) is 5.65. The molecule has 0 saturated carbocycles. The topological polar surface area (TPSA) is 57.3 Å². The molecule has 2 aromatic rings. The minimum atomic E-state index is -0.278. The Morgan fingerprint density at radius 2 is 2.04 bits per heavy atom. The predicted octanol–water partition coefficient (Wildman–Crippen LogP) is 3.19. The molecule has 0 bridgehead atoms. The van der Waals surface area contributed by atoms with Gasteiger partial charge in [-0.2, -0.15) is 0 Å². The van der Waals surface area contributed by atoms with Crippen LogP contribution in [0.3, 0.4) is 0 Å². The van der Waals surface area contributed by atoms with Crippen molar-refractivity contribution in [2.45, 2.75) is 19.3 Å². The molecule has 2 N–H and O–H groups in total. The Kier molecular flexibility index (Phi) is 5.25. The molecular formula is C18H21FN4O. The van der Waals surface area contributed by atoms with Gasteiger partial charge in [0, 0.05) is 25.8 Å². The van der Waals surface area contributed by atoms with Gasteiger partial charge in [0.15, 0.2) is 5.82 Å². The summed E-state index contributed by atoms with van der Waals surface area (Å²) in [5.74, 6) is 0.554. The maximum absolute atomic E-state index is 13.1. The molecule has 2 amide bonds. The molecule has 1 aromatic carbocycles. The Morgan fingerprint density at radius 1 is 1.21 bits per heavy atom. The van der Waals surface area contributed by atoms with Crippen molar-refractivity contribution in [3.63, 3.8) is 0 Å². The van der Waals surface area contributed by atoms with Crippen molar-refractivity contribution in [3.05, 3.63) is 54.0 Å². The summed E-state index contributed by atoms with van der Waals surface area (Å²) >= 11 is 0. The second-order valence-corrected chi connectivity index (χ2v) is 5.83. The number of nitrogens with one attached hydrogen (secondary N) is 2. The monoisotopic (exact) mass is 328 g/mol. The van der Waals surface area contributed by atoms with Crippen molar-refractivity contribution in [2.75, 3.05) is 29.9 Å². The third kappa shape index (κ3) is 4.22. The van der Waals surface area contributed by atoms with Crippen molar-refractivity contribution in [3.8, 4) is 0 Å². The lowest BCUT2D eigenvalue weighted by Gasteiger charge is -2.20. The number of carbonyl (C=O) groups is 1. The second-order valence-electron chi connectivity index (χ2n) is 5.83. The maximum atomic E-state index is 13.1. The molecule has 0 radical (unpaired) electrons. The van der Waals surface area contributed by atoms with E-state index in [9.17, 15) is 9.18 Å². The molecule has 0 aliphatic carbocycles. The molecule has 6 heteroatoms. The summed E-state index contributed by atoms with van der Waals surface area (Å²) in [6.07, 6.45) is 4.61. The van der Waals surface area contributed by atoms with Gasteiger partial charge in [-0.25, -0.2) is 14.2 Å². The molecular weight excluding hydrogens is 307 g/mol. The number of urea groups is 1. The number of benzene rings is 1. The number of rotatable bonds is 5. The lowest BCUT2D eigenvalue weighted by Crippen LogP contribution is -2.31. The molecule has 1 fully saturated rings. The Balaban J connectivity index is 1.53. The SMILES string of the molecule is O=C(NCCc1cccc(F)c1)Nc1cccnc1N1CCCC1. The first-order valence-electron chi connectivity index (χ1n) is 8.21. The largest absolute Gasteiger partial charge is 0.355 e. The molecule has 0 spiro atoms. The second kappa shape index (κ2) is 7.77. The van der Waals surface area contributed by atoms with Crippen LogP contribution >= 0.6 is 0 Å². The summed E-state index contributed by atoms with van der Waals surface area (Å²) in [6, 6.07) is 9.78. The zero-order valence-corrected chi connectivity index (χ0v) is 13.5. The van der Waals surface area contributed by atoms with Crippen LogP contribution in [-0.4, -0.2) is 30.6 Å². The smallest absolute Gasteiger partial charge is 0.319 e. The van der Waals surface area contributed by atoms with Gasteiger partial charge >= 0.3 is 6.03 Å². The molecule has 1 aromatic heterocycles. The van der Waals surface area contributed by atoms with Gasteiger partial charge < -0.3 is 15.5 Å². The summed E-state index contributed by atoms with van der Waals surface area (Å²) in [7, 11) is 0. The Hall–Kier alpha value is -2.63. The fraction of sp³-hybridized carbons (Fsp3) is 0.333. The fourth-order valence-corrected chi connectivity index (χ4v) is 2.85. The highest BCUT2D eigenvalue weighted by molar-refractivity contribution is 5.92. The molecule has 1 aliphatic rings. The lowest BCUT2D eigenvalue weighted by molar-refractivity contribution is 0.252. The van der Waals surface area contributed by atoms with E-state index in [1.54, 1.807) is 12.3 Å². The number of halogens is 1. The van der Waals surface area contributed by atoms with Crippen LogP contribution in [0.25, 0.3) is 0 Å². The van der Waals surface area contributed by atoms with Crippen LogP contribution in [-0.2, 0) is 6.42 Å². The van der Waals surface area contributed by atoms with Gasteiger partial charge in [-0.05, 0) is 49.1 Å². The van der Waals surface area contributed by atoms with E-state index in [4.69, 9.17) is 0 Å².